The minimum Gasteiger partial charge on any atom is -0.497 e. The predicted octanol–water partition coefficient (Wildman–Crippen LogP) is 2.91. The fraction of sp³-hybridized carbons (Fsp3) is 0.480. The van der Waals surface area contributed by atoms with Crippen LogP contribution in [0, 0.1) is 0 Å². The highest BCUT2D eigenvalue weighted by Gasteiger charge is 2.24. The van der Waals surface area contributed by atoms with Gasteiger partial charge in [-0.25, -0.2) is 5.06 Å². The van der Waals surface area contributed by atoms with Crippen LogP contribution in [0.25, 0.3) is 0 Å². The van der Waals surface area contributed by atoms with Crippen molar-refractivity contribution in [2.45, 2.75) is 25.4 Å². The van der Waals surface area contributed by atoms with Gasteiger partial charge in [-0.3, -0.25) is 14.9 Å². The number of hydrogen-bond acceptors (Lipinski definition) is 6. The van der Waals surface area contributed by atoms with Crippen molar-refractivity contribution >= 4 is 11.6 Å². The lowest BCUT2D eigenvalue weighted by molar-refractivity contribution is -0.158. The van der Waals surface area contributed by atoms with Gasteiger partial charge in [0, 0.05) is 45.5 Å². The molecule has 172 valence electrons. The van der Waals surface area contributed by atoms with E-state index in [0.717, 1.165) is 56.9 Å². The number of likely N-dealkylation sites (N-methyl/N-ethyl adjacent to an activating group) is 1. The van der Waals surface area contributed by atoms with E-state index in [1.165, 1.54) is 23.9 Å². The Balaban J connectivity index is 1.29. The quantitative estimate of drug-likeness (QED) is 0.529. The van der Waals surface area contributed by atoms with Crippen LogP contribution < -0.4 is 9.64 Å². The number of nitrogens with zero attached hydrogens (tertiary/aromatic N) is 3. The smallest absolute Gasteiger partial charge is 0.250 e. The Morgan fingerprint density at radius 1 is 1.16 bits per heavy atom. The Morgan fingerprint density at radius 3 is 2.59 bits per heavy atom. The standard InChI is InChI=1S/C25H33N3O4/c1-26(30)25(29)18-19-3-8-23-20(17-19)10-16-32-24(23)9-11-27-12-14-28(15-13-27)21-4-6-22(31-2)7-5-21/h3-8,17,24,30H,9-16,18H2,1-2H3. The number of methoxy groups -OCH3 is 1. The topological polar surface area (TPSA) is 65.5 Å². The Hall–Kier alpha value is -2.61. The second kappa shape index (κ2) is 10.3. The van der Waals surface area contributed by atoms with Crippen molar-refractivity contribution in [1.29, 1.82) is 0 Å². The van der Waals surface area contributed by atoms with Crippen LogP contribution >= 0.6 is 0 Å². The monoisotopic (exact) mass is 439 g/mol. The average Bonchev–Trinajstić information content (AvgIpc) is 2.83. The van der Waals surface area contributed by atoms with Crippen LogP contribution in [0.15, 0.2) is 42.5 Å². The summed E-state index contributed by atoms with van der Waals surface area (Å²) in [6, 6.07) is 14.5. The highest BCUT2D eigenvalue weighted by Crippen LogP contribution is 2.31. The van der Waals surface area contributed by atoms with Gasteiger partial charge in [-0.05, 0) is 53.8 Å². The van der Waals surface area contributed by atoms with Crippen molar-refractivity contribution in [3.8, 4) is 5.75 Å². The Kier molecular flexibility index (Phi) is 7.29. The van der Waals surface area contributed by atoms with Crippen LogP contribution in [0.4, 0.5) is 5.69 Å². The Labute approximate surface area is 190 Å². The van der Waals surface area contributed by atoms with Gasteiger partial charge in [-0.1, -0.05) is 18.2 Å². The number of anilines is 1. The zero-order chi connectivity index (χ0) is 22.5. The highest BCUT2D eigenvalue weighted by atomic mass is 16.5. The molecule has 1 fully saturated rings. The number of rotatable bonds is 7. The maximum atomic E-state index is 11.8. The number of benzene rings is 2. The van der Waals surface area contributed by atoms with Gasteiger partial charge < -0.3 is 14.4 Å². The minimum atomic E-state index is -0.303. The Morgan fingerprint density at radius 2 is 1.91 bits per heavy atom. The molecule has 0 aromatic heterocycles. The van der Waals surface area contributed by atoms with Crippen molar-refractivity contribution < 1.29 is 19.5 Å². The highest BCUT2D eigenvalue weighted by molar-refractivity contribution is 5.77. The van der Waals surface area contributed by atoms with Gasteiger partial charge in [0.25, 0.3) is 0 Å². The summed E-state index contributed by atoms with van der Waals surface area (Å²) in [4.78, 5) is 16.7. The van der Waals surface area contributed by atoms with Crippen LogP contribution in [-0.4, -0.2) is 74.6 Å². The van der Waals surface area contributed by atoms with Crippen molar-refractivity contribution in [1.82, 2.24) is 9.96 Å². The van der Waals surface area contributed by atoms with E-state index in [-0.39, 0.29) is 18.4 Å². The number of carbonyl (C=O) groups excluding carboxylic acids is 1. The van der Waals surface area contributed by atoms with Crippen LogP contribution in [0.1, 0.15) is 29.2 Å². The lowest BCUT2D eigenvalue weighted by Gasteiger charge is -2.37. The molecule has 2 aliphatic rings. The van der Waals surface area contributed by atoms with Gasteiger partial charge in [0.05, 0.1) is 26.2 Å². The van der Waals surface area contributed by atoms with Gasteiger partial charge in [-0.15, -0.1) is 0 Å². The molecule has 0 aliphatic carbocycles. The zero-order valence-corrected chi connectivity index (χ0v) is 19.0. The number of carbonyl (C=O) groups is 1. The number of ether oxygens (including phenoxy) is 2. The van der Waals surface area contributed by atoms with Crippen molar-refractivity contribution in [3.05, 3.63) is 59.2 Å². The molecule has 4 rings (SSSR count). The van der Waals surface area contributed by atoms with E-state index in [9.17, 15) is 10.0 Å². The minimum absolute atomic E-state index is 0.101. The fourth-order valence-electron chi connectivity index (χ4n) is 4.55. The number of fused-ring (bicyclic) bond motifs is 1. The summed E-state index contributed by atoms with van der Waals surface area (Å²) in [5, 5.41) is 9.96. The fourth-order valence-corrected chi connectivity index (χ4v) is 4.55. The lowest BCUT2D eigenvalue weighted by Crippen LogP contribution is -2.46. The van der Waals surface area contributed by atoms with E-state index in [1.807, 2.05) is 18.2 Å². The third kappa shape index (κ3) is 5.41. The van der Waals surface area contributed by atoms with E-state index in [1.54, 1.807) is 7.11 Å². The molecule has 7 heteroatoms. The summed E-state index contributed by atoms with van der Waals surface area (Å²) < 4.78 is 11.4. The first-order valence-corrected chi connectivity index (χ1v) is 11.3. The molecule has 0 saturated carbocycles. The third-order valence-corrected chi connectivity index (χ3v) is 6.48. The molecule has 1 N–H and O–H groups in total. The molecule has 1 saturated heterocycles. The second-order valence-electron chi connectivity index (χ2n) is 8.55. The third-order valence-electron chi connectivity index (χ3n) is 6.48. The van der Waals surface area contributed by atoms with Crippen LogP contribution in [0.5, 0.6) is 5.75 Å². The van der Waals surface area contributed by atoms with Crippen LogP contribution in [-0.2, 0) is 22.4 Å². The normalized spacial score (nSPS) is 18.8. The lowest BCUT2D eigenvalue weighted by atomic mass is 9.93. The summed E-state index contributed by atoms with van der Waals surface area (Å²) in [5.74, 6) is 0.585. The molecule has 2 aromatic carbocycles. The molecule has 1 unspecified atom stereocenters. The van der Waals surface area contributed by atoms with E-state index < -0.39 is 0 Å². The summed E-state index contributed by atoms with van der Waals surface area (Å²) in [5.41, 5.74) is 4.68. The number of hydrogen-bond donors (Lipinski definition) is 1. The van der Waals surface area contributed by atoms with Gasteiger partial charge >= 0.3 is 0 Å². The molecule has 1 atom stereocenters. The van der Waals surface area contributed by atoms with Gasteiger partial charge in [-0.2, -0.15) is 0 Å². The average molecular weight is 440 g/mol. The SMILES string of the molecule is COc1ccc(N2CCN(CCC3OCCc4cc(CC(=O)N(C)O)ccc43)CC2)cc1. The molecular formula is C25H33N3O4. The number of piperazine rings is 1. The van der Waals surface area contributed by atoms with Gasteiger partial charge in [0.2, 0.25) is 5.91 Å². The van der Waals surface area contributed by atoms with Crippen molar-refractivity contribution in [2.24, 2.45) is 0 Å². The van der Waals surface area contributed by atoms with Gasteiger partial charge in [0.1, 0.15) is 5.75 Å². The molecule has 32 heavy (non-hydrogen) atoms. The molecule has 1 amide bonds. The first kappa shape index (κ1) is 22.6. The largest absolute Gasteiger partial charge is 0.497 e. The summed E-state index contributed by atoms with van der Waals surface area (Å²) in [6.45, 7) is 5.84. The Bertz CT molecular complexity index is 908. The molecule has 0 bridgehead atoms. The molecule has 2 aromatic rings. The summed E-state index contributed by atoms with van der Waals surface area (Å²) >= 11 is 0. The molecule has 2 aliphatic heterocycles. The molecular weight excluding hydrogens is 406 g/mol. The first-order chi connectivity index (χ1) is 15.5. The van der Waals surface area contributed by atoms with E-state index >= 15 is 0 Å². The predicted molar refractivity (Wildman–Crippen MR) is 123 cm³/mol. The number of amides is 1. The second-order valence-corrected chi connectivity index (χ2v) is 8.55. The number of hydroxylamine groups is 2. The van der Waals surface area contributed by atoms with Crippen LogP contribution in [0.2, 0.25) is 0 Å². The molecule has 7 nitrogen and oxygen atoms in total. The maximum Gasteiger partial charge on any atom is 0.250 e. The molecule has 2 heterocycles. The van der Waals surface area contributed by atoms with Gasteiger partial charge in [0.15, 0.2) is 0 Å². The van der Waals surface area contributed by atoms with E-state index in [0.29, 0.717) is 11.7 Å². The van der Waals surface area contributed by atoms with Crippen molar-refractivity contribution in [2.75, 3.05) is 58.4 Å². The van der Waals surface area contributed by atoms with E-state index in [4.69, 9.17) is 9.47 Å². The summed E-state index contributed by atoms with van der Waals surface area (Å²) in [7, 11) is 3.06. The maximum absolute atomic E-state index is 11.8. The molecule has 0 spiro atoms. The zero-order valence-electron chi connectivity index (χ0n) is 19.0. The van der Waals surface area contributed by atoms with Crippen LogP contribution in [0.3, 0.4) is 0 Å². The first-order valence-electron chi connectivity index (χ1n) is 11.3. The van der Waals surface area contributed by atoms with Crippen molar-refractivity contribution in [3.63, 3.8) is 0 Å². The van der Waals surface area contributed by atoms with E-state index in [2.05, 4.69) is 34.1 Å². The molecule has 0 radical (unpaired) electrons. The summed E-state index contributed by atoms with van der Waals surface area (Å²) in [6.07, 6.45) is 2.14.